The number of nitrogens with two attached hydrogens (primary N) is 1. The first-order chi connectivity index (χ1) is 6.16. The standard InChI is InChI=1S/C9H21N3O/c1-3-13-8-4-6-12(2)7-5-9(10)11/h3-8H2,1-2H3,(H3,10,11). The molecule has 0 amide bonds. The Labute approximate surface area is 80.6 Å². The number of nitrogens with one attached hydrogen (secondary N) is 1. The van der Waals surface area contributed by atoms with Gasteiger partial charge in [0, 0.05) is 32.7 Å². The summed E-state index contributed by atoms with van der Waals surface area (Å²) in [5.74, 6) is 0.261. The molecule has 4 nitrogen and oxygen atoms in total. The molecule has 4 heteroatoms. The van der Waals surface area contributed by atoms with Gasteiger partial charge in [-0.15, -0.1) is 0 Å². The molecule has 0 unspecified atom stereocenters. The normalized spacial score (nSPS) is 10.7. The van der Waals surface area contributed by atoms with Crippen LogP contribution in [0.4, 0.5) is 0 Å². The second-order valence-electron chi connectivity index (χ2n) is 3.13. The van der Waals surface area contributed by atoms with Gasteiger partial charge in [-0.25, -0.2) is 0 Å². The summed E-state index contributed by atoms with van der Waals surface area (Å²) in [6.45, 7) is 5.48. The molecular weight excluding hydrogens is 166 g/mol. The Morgan fingerprint density at radius 2 is 2.15 bits per heavy atom. The van der Waals surface area contributed by atoms with Gasteiger partial charge in [0.15, 0.2) is 0 Å². The molecule has 0 aliphatic heterocycles. The number of amidine groups is 1. The summed E-state index contributed by atoms with van der Waals surface area (Å²) in [5, 5.41) is 7.06. The first-order valence-electron chi connectivity index (χ1n) is 4.76. The Balaban J connectivity index is 3.19. The smallest absolute Gasteiger partial charge is 0.0918 e. The second kappa shape index (κ2) is 8.01. The number of rotatable bonds is 8. The van der Waals surface area contributed by atoms with Gasteiger partial charge in [0.1, 0.15) is 0 Å². The van der Waals surface area contributed by atoms with Crippen LogP contribution in [0.15, 0.2) is 0 Å². The van der Waals surface area contributed by atoms with Crippen molar-refractivity contribution in [3.05, 3.63) is 0 Å². The third-order valence-corrected chi connectivity index (χ3v) is 1.80. The van der Waals surface area contributed by atoms with E-state index in [-0.39, 0.29) is 5.84 Å². The van der Waals surface area contributed by atoms with Crippen LogP contribution in [-0.4, -0.2) is 44.1 Å². The fourth-order valence-corrected chi connectivity index (χ4v) is 1.00. The highest BCUT2D eigenvalue weighted by atomic mass is 16.5. The van der Waals surface area contributed by atoms with Crippen molar-refractivity contribution in [3.63, 3.8) is 0 Å². The largest absolute Gasteiger partial charge is 0.388 e. The predicted molar refractivity (Wildman–Crippen MR) is 55.1 cm³/mol. The van der Waals surface area contributed by atoms with Crippen LogP contribution in [-0.2, 0) is 4.74 Å². The van der Waals surface area contributed by atoms with Crippen LogP contribution in [0.3, 0.4) is 0 Å². The highest BCUT2D eigenvalue weighted by molar-refractivity contribution is 5.76. The van der Waals surface area contributed by atoms with Crippen LogP contribution >= 0.6 is 0 Å². The number of hydrogen-bond donors (Lipinski definition) is 2. The SMILES string of the molecule is CCOCCCN(C)CCC(=N)N. The highest BCUT2D eigenvalue weighted by Gasteiger charge is 1.98. The molecule has 0 saturated heterocycles. The molecule has 13 heavy (non-hydrogen) atoms. The van der Waals surface area contributed by atoms with E-state index in [1.54, 1.807) is 0 Å². The maximum Gasteiger partial charge on any atom is 0.0918 e. The van der Waals surface area contributed by atoms with Gasteiger partial charge in [-0.1, -0.05) is 0 Å². The molecule has 0 bridgehead atoms. The van der Waals surface area contributed by atoms with Crippen LogP contribution in [0, 0.1) is 5.41 Å². The van der Waals surface area contributed by atoms with Crippen molar-refractivity contribution in [1.29, 1.82) is 5.41 Å². The van der Waals surface area contributed by atoms with E-state index in [9.17, 15) is 0 Å². The molecule has 0 fully saturated rings. The minimum absolute atomic E-state index is 0.261. The van der Waals surface area contributed by atoms with Crippen molar-refractivity contribution in [2.45, 2.75) is 19.8 Å². The predicted octanol–water partition coefficient (Wildman–Crippen LogP) is 0.671. The van der Waals surface area contributed by atoms with Gasteiger partial charge in [-0.2, -0.15) is 0 Å². The Kier molecular flexibility index (Phi) is 7.63. The van der Waals surface area contributed by atoms with Gasteiger partial charge >= 0.3 is 0 Å². The van der Waals surface area contributed by atoms with Gasteiger partial charge < -0.3 is 15.4 Å². The molecule has 0 heterocycles. The lowest BCUT2D eigenvalue weighted by atomic mass is 10.3. The van der Waals surface area contributed by atoms with Crippen LogP contribution in [0.5, 0.6) is 0 Å². The Bertz CT molecular complexity index is 139. The Morgan fingerprint density at radius 1 is 1.46 bits per heavy atom. The van der Waals surface area contributed by atoms with E-state index in [0.717, 1.165) is 32.7 Å². The molecular formula is C9H21N3O. The second-order valence-corrected chi connectivity index (χ2v) is 3.13. The lowest BCUT2D eigenvalue weighted by Crippen LogP contribution is -2.25. The fraction of sp³-hybridized carbons (Fsp3) is 0.889. The molecule has 0 aliphatic rings. The molecule has 3 N–H and O–H groups in total. The molecule has 0 radical (unpaired) electrons. The summed E-state index contributed by atoms with van der Waals surface area (Å²) in [5.41, 5.74) is 5.25. The minimum Gasteiger partial charge on any atom is -0.388 e. The van der Waals surface area contributed by atoms with Crippen LogP contribution in [0.25, 0.3) is 0 Å². The van der Waals surface area contributed by atoms with Gasteiger partial charge in [0.05, 0.1) is 5.84 Å². The van der Waals surface area contributed by atoms with Crippen molar-refractivity contribution in [1.82, 2.24) is 4.90 Å². The summed E-state index contributed by atoms with van der Waals surface area (Å²) in [6, 6.07) is 0. The minimum atomic E-state index is 0.261. The summed E-state index contributed by atoms with van der Waals surface area (Å²) >= 11 is 0. The molecule has 0 atom stereocenters. The van der Waals surface area contributed by atoms with Crippen molar-refractivity contribution in [2.75, 3.05) is 33.4 Å². The third kappa shape index (κ3) is 9.30. The van der Waals surface area contributed by atoms with E-state index in [2.05, 4.69) is 4.90 Å². The van der Waals surface area contributed by atoms with Crippen LogP contribution in [0.1, 0.15) is 19.8 Å². The summed E-state index contributed by atoms with van der Waals surface area (Å²) in [7, 11) is 2.04. The maximum absolute atomic E-state index is 7.06. The van der Waals surface area contributed by atoms with Crippen LogP contribution in [0.2, 0.25) is 0 Å². The third-order valence-electron chi connectivity index (χ3n) is 1.80. The molecule has 0 saturated carbocycles. The summed E-state index contributed by atoms with van der Waals surface area (Å²) in [4.78, 5) is 2.17. The number of ether oxygens (including phenoxy) is 1. The molecule has 0 rings (SSSR count). The maximum atomic E-state index is 7.06. The highest BCUT2D eigenvalue weighted by Crippen LogP contribution is 1.90. The van der Waals surface area contributed by atoms with Gasteiger partial charge in [-0.3, -0.25) is 5.41 Å². The molecule has 0 spiro atoms. The zero-order valence-electron chi connectivity index (χ0n) is 8.68. The molecule has 78 valence electrons. The zero-order valence-corrected chi connectivity index (χ0v) is 8.68. The topological polar surface area (TPSA) is 62.3 Å². The molecule has 0 aromatic heterocycles. The summed E-state index contributed by atoms with van der Waals surface area (Å²) < 4.78 is 5.22. The molecule has 0 aromatic rings. The average molecular weight is 187 g/mol. The molecule has 0 aromatic carbocycles. The zero-order chi connectivity index (χ0) is 10.1. The number of hydrogen-bond acceptors (Lipinski definition) is 3. The first kappa shape index (κ1) is 12.4. The van der Waals surface area contributed by atoms with Gasteiger partial charge in [0.25, 0.3) is 0 Å². The van der Waals surface area contributed by atoms with Crippen molar-refractivity contribution in [2.24, 2.45) is 5.73 Å². The lowest BCUT2D eigenvalue weighted by Gasteiger charge is -2.15. The van der Waals surface area contributed by atoms with E-state index in [1.807, 2.05) is 14.0 Å². The Morgan fingerprint density at radius 3 is 2.69 bits per heavy atom. The van der Waals surface area contributed by atoms with Crippen molar-refractivity contribution in [3.8, 4) is 0 Å². The van der Waals surface area contributed by atoms with Crippen LogP contribution < -0.4 is 5.73 Å². The quantitative estimate of drug-likeness (QED) is 0.333. The Hall–Kier alpha value is -0.610. The van der Waals surface area contributed by atoms with Gasteiger partial charge in [-0.05, 0) is 20.4 Å². The fourth-order valence-electron chi connectivity index (χ4n) is 1.00. The van der Waals surface area contributed by atoms with Crippen molar-refractivity contribution < 1.29 is 4.74 Å². The van der Waals surface area contributed by atoms with E-state index >= 15 is 0 Å². The van der Waals surface area contributed by atoms with Gasteiger partial charge in [0.2, 0.25) is 0 Å². The van der Waals surface area contributed by atoms with E-state index in [0.29, 0.717) is 6.42 Å². The average Bonchev–Trinajstić information content (AvgIpc) is 2.09. The van der Waals surface area contributed by atoms with E-state index in [4.69, 9.17) is 15.9 Å². The monoisotopic (exact) mass is 187 g/mol. The number of nitrogens with zero attached hydrogens (tertiary/aromatic N) is 1. The van der Waals surface area contributed by atoms with Crippen molar-refractivity contribution >= 4 is 5.84 Å². The molecule has 0 aliphatic carbocycles. The van der Waals surface area contributed by atoms with E-state index in [1.165, 1.54) is 0 Å². The lowest BCUT2D eigenvalue weighted by molar-refractivity contribution is 0.136. The summed E-state index contributed by atoms with van der Waals surface area (Å²) in [6.07, 6.45) is 1.70. The first-order valence-corrected chi connectivity index (χ1v) is 4.76. The van der Waals surface area contributed by atoms with E-state index < -0.39 is 0 Å².